The molecule has 0 unspecified atom stereocenters. The Kier molecular flexibility index (Phi) is 6.63. The van der Waals surface area contributed by atoms with E-state index >= 15 is 0 Å². The molecule has 0 spiro atoms. The van der Waals surface area contributed by atoms with Crippen LogP contribution in [0.3, 0.4) is 0 Å². The predicted molar refractivity (Wildman–Crippen MR) is 117 cm³/mol. The number of fused-ring (bicyclic) bond motifs is 1. The van der Waals surface area contributed by atoms with E-state index < -0.39 is 0 Å². The third kappa shape index (κ3) is 4.11. The second kappa shape index (κ2) is 9.36. The number of aromatic nitrogens is 2. The molecule has 0 N–H and O–H groups in total. The molecule has 0 fully saturated rings. The molecule has 6 nitrogen and oxygen atoms in total. The first-order valence-corrected chi connectivity index (χ1v) is 10.3. The molecule has 0 aliphatic carbocycles. The molecule has 0 bridgehead atoms. The summed E-state index contributed by atoms with van der Waals surface area (Å²) in [4.78, 5) is 28.1. The number of unbranched alkanes of at least 4 members (excludes halogenated alkanes) is 1. The molecule has 1 heterocycles. The minimum Gasteiger partial charge on any atom is -0.331 e. The Hall–Kier alpha value is -3.46. The molecule has 3 aromatic rings. The smallest absolute Gasteiger partial charge is 0.275 e. The van der Waals surface area contributed by atoms with Gasteiger partial charge in [-0.3, -0.25) is 9.59 Å². The summed E-state index contributed by atoms with van der Waals surface area (Å²) in [7, 11) is 0. The van der Waals surface area contributed by atoms with Crippen molar-refractivity contribution >= 4 is 16.7 Å². The first kappa shape index (κ1) is 21.3. The third-order valence-corrected chi connectivity index (χ3v) is 5.39. The fourth-order valence-electron chi connectivity index (χ4n) is 3.60. The van der Waals surface area contributed by atoms with Crippen LogP contribution in [0.1, 0.15) is 61.3 Å². The van der Waals surface area contributed by atoms with Crippen molar-refractivity contribution < 1.29 is 4.79 Å². The van der Waals surface area contributed by atoms with Gasteiger partial charge in [-0.15, -0.1) is 0 Å². The molecule has 6 heteroatoms. The molecule has 30 heavy (non-hydrogen) atoms. The Labute approximate surface area is 176 Å². The largest absolute Gasteiger partial charge is 0.331 e. The Morgan fingerprint density at radius 3 is 2.40 bits per heavy atom. The molecule has 1 atom stereocenters. The van der Waals surface area contributed by atoms with Gasteiger partial charge in [-0.05, 0) is 44.0 Å². The van der Waals surface area contributed by atoms with Gasteiger partial charge in [-0.2, -0.15) is 10.4 Å². The molecule has 1 amide bonds. The van der Waals surface area contributed by atoms with Gasteiger partial charge in [0.25, 0.3) is 11.5 Å². The summed E-state index contributed by atoms with van der Waals surface area (Å²) >= 11 is 0. The molecular formula is C24H26N4O2. The van der Waals surface area contributed by atoms with E-state index in [1.165, 1.54) is 4.68 Å². The highest BCUT2D eigenvalue weighted by atomic mass is 16.2. The highest BCUT2D eigenvalue weighted by Crippen LogP contribution is 2.24. The number of benzene rings is 2. The number of rotatable bonds is 7. The topological polar surface area (TPSA) is 79.0 Å². The van der Waals surface area contributed by atoms with Crippen molar-refractivity contribution in [3.63, 3.8) is 0 Å². The minimum absolute atomic E-state index is 0.168. The van der Waals surface area contributed by atoms with Crippen LogP contribution in [0, 0.1) is 11.3 Å². The first-order chi connectivity index (χ1) is 14.5. The fourth-order valence-corrected chi connectivity index (χ4v) is 3.60. The van der Waals surface area contributed by atoms with Crippen LogP contribution >= 0.6 is 0 Å². The van der Waals surface area contributed by atoms with Crippen LogP contribution in [-0.2, 0) is 6.54 Å². The molecule has 0 aliphatic rings. The van der Waals surface area contributed by atoms with Crippen molar-refractivity contribution in [3.05, 3.63) is 75.7 Å². The Bertz CT molecular complexity index is 1140. The number of nitriles is 1. The number of carbonyl (C=O) groups is 1. The quantitative estimate of drug-likeness (QED) is 0.590. The van der Waals surface area contributed by atoms with E-state index in [4.69, 9.17) is 5.26 Å². The van der Waals surface area contributed by atoms with Crippen molar-refractivity contribution in [1.29, 1.82) is 5.26 Å². The van der Waals surface area contributed by atoms with E-state index in [0.717, 1.165) is 18.4 Å². The zero-order valence-electron chi connectivity index (χ0n) is 17.6. The summed E-state index contributed by atoms with van der Waals surface area (Å²) in [6.45, 7) is 6.91. The number of nitrogens with zero attached hydrogens (tertiary/aromatic N) is 4. The molecule has 154 valence electrons. The number of hydrogen-bond acceptors (Lipinski definition) is 4. The lowest BCUT2D eigenvalue weighted by atomic mass is 10.0. The standard InChI is InChI=1S/C24H26N4O2/c1-4-6-15-28-23(29)21-10-8-7-9-20(21)22(26-28)24(30)27(5-2)17(3)19-13-11-18(16-25)12-14-19/h7-14,17H,4-6,15H2,1-3H3/t17-/m1/s1. The van der Waals surface area contributed by atoms with Crippen LogP contribution in [0.5, 0.6) is 0 Å². The van der Waals surface area contributed by atoms with E-state index in [0.29, 0.717) is 35.1 Å². The molecule has 1 aromatic heterocycles. The van der Waals surface area contributed by atoms with Crippen molar-refractivity contribution in [3.8, 4) is 6.07 Å². The lowest BCUT2D eigenvalue weighted by Gasteiger charge is -2.28. The monoisotopic (exact) mass is 402 g/mol. The van der Waals surface area contributed by atoms with Crippen LogP contribution in [0.2, 0.25) is 0 Å². The number of amides is 1. The average molecular weight is 402 g/mol. The predicted octanol–water partition coefficient (Wildman–Crippen LogP) is 4.29. The van der Waals surface area contributed by atoms with Gasteiger partial charge in [-0.25, -0.2) is 4.68 Å². The summed E-state index contributed by atoms with van der Waals surface area (Å²) in [6, 6.07) is 16.3. The zero-order valence-corrected chi connectivity index (χ0v) is 17.6. The van der Waals surface area contributed by atoms with Crippen LogP contribution < -0.4 is 5.56 Å². The fraction of sp³-hybridized carbons (Fsp3) is 0.333. The van der Waals surface area contributed by atoms with E-state index in [2.05, 4.69) is 18.1 Å². The van der Waals surface area contributed by atoms with Gasteiger partial charge in [0.1, 0.15) is 0 Å². The Balaban J connectivity index is 2.05. The summed E-state index contributed by atoms with van der Waals surface area (Å²) < 4.78 is 1.42. The van der Waals surface area contributed by atoms with Gasteiger partial charge in [0.05, 0.1) is 23.1 Å². The van der Waals surface area contributed by atoms with Crippen LogP contribution in [0.4, 0.5) is 0 Å². The van der Waals surface area contributed by atoms with E-state index in [1.807, 2.05) is 32.0 Å². The molecule has 2 aromatic carbocycles. The zero-order chi connectivity index (χ0) is 21.7. The summed E-state index contributed by atoms with van der Waals surface area (Å²) in [6.07, 6.45) is 1.75. The van der Waals surface area contributed by atoms with Crippen molar-refractivity contribution in [2.45, 2.75) is 46.2 Å². The minimum atomic E-state index is -0.212. The van der Waals surface area contributed by atoms with Crippen molar-refractivity contribution in [1.82, 2.24) is 14.7 Å². The van der Waals surface area contributed by atoms with Gasteiger partial charge in [-0.1, -0.05) is 43.7 Å². The first-order valence-electron chi connectivity index (χ1n) is 10.3. The molecule has 3 rings (SSSR count). The Morgan fingerprint density at radius 1 is 1.13 bits per heavy atom. The Morgan fingerprint density at radius 2 is 1.80 bits per heavy atom. The maximum absolute atomic E-state index is 13.6. The van der Waals surface area contributed by atoms with Gasteiger partial charge >= 0.3 is 0 Å². The second-order valence-corrected chi connectivity index (χ2v) is 7.28. The number of carbonyl (C=O) groups excluding carboxylic acids is 1. The van der Waals surface area contributed by atoms with Gasteiger partial charge in [0.15, 0.2) is 5.69 Å². The van der Waals surface area contributed by atoms with E-state index in [-0.39, 0.29) is 17.5 Å². The summed E-state index contributed by atoms with van der Waals surface area (Å²) in [5.41, 5.74) is 1.64. The number of aryl methyl sites for hydroxylation is 1. The molecular weight excluding hydrogens is 376 g/mol. The molecule has 0 aliphatic heterocycles. The number of hydrogen-bond donors (Lipinski definition) is 0. The maximum atomic E-state index is 13.6. The molecule has 0 saturated carbocycles. The maximum Gasteiger partial charge on any atom is 0.275 e. The van der Waals surface area contributed by atoms with Crippen molar-refractivity contribution in [2.75, 3.05) is 6.54 Å². The normalized spacial score (nSPS) is 11.8. The van der Waals surface area contributed by atoms with Gasteiger partial charge in [0.2, 0.25) is 0 Å². The van der Waals surface area contributed by atoms with Crippen molar-refractivity contribution in [2.24, 2.45) is 0 Å². The molecule has 0 radical (unpaired) electrons. The van der Waals surface area contributed by atoms with Crippen LogP contribution in [-0.4, -0.2) is 27.1 Å². The van der Waals surface area contributed by atoms with Crippen LogP contribution in [0.15, 0.2) is 53.3 Å². The second-order valence-electron chi connectivity index (χ2n) is 7.28. The lowest BCUT2D eigenvalue weighted by molar-refractivity contribution is 0.0695. The van der Waals surface area contributed by atoms with Gasteiger partial charge in [0, 0.05) is 18.5 Å². The highest BCUT2D eigenvalue weighted by molar-refractivity contribution is 6.04. The highest BCUT2D eigenvalue weighted by Gasteiger charge is 2.25. The lowest BCUT2D eigenvalue weighted by Crippen LogP contribution is -2.36. The SMILES string of the molecule is CCCCn1nc(C(=O)N(CC)[C@H](C)c2ccc(C#N)cc2)c2ccccc2c1=O. The third-order valence-electron chi connectivity index (χ3n) is 5.39. The average Bonchev–Trinajstić information content (AvgIpc) is 2.79. The van der Waals surface area contributed by atoms with Crippen LogP contribution in [0.25, 0.3) is 10.8 Å². The summed E-state index contributed by atoms with van der Waals surface area (Å²) in [5, 5.41) is 14.6. The van der Waals surface area contributed by atoms with E-state index in [1.54, 1.807) is 35.2 Å². The van der Waals surface area contributed by atoms with Gasteiger partial charge < -0.3 is 4.90 Å². The summed E-state index contributed by atoms with van der Waals surface area (Å²) in [5.74, 6) is -0.212. The molecule has 0 saturated heterocycles. The van der Waals surface area contributed by atoms with E-state index in [9.17, 15) is 9.59 Å².